The van der Waals surface area contributed by atoms with Crippen molar-refractivity contribution in [1.82, 2.24) is 10.3 Å². The Morgan fingerprint density at radius 1 is 1.44 bits per heavy atom. The molecule has 2 N–H and O–H groups in total. The van der Waals surface area contributed by atoms with E-state index in [-0.39, 0.29) is 0 Å². The lowest BCUT2D eigenvalue weighted by Gasteiger charge is -1.99. The van der Waals surface area contributed by atoms with Crippen molar-refractivity contribution < 1.29 is 0 Å². The standard InChI is InChI=1S/C13H15ClN2/c1-8-12(14)5-2-9-6-11(16-13(8)9)7-15-10-3-4-10/h2,5-6,10,15-16H,3-4,7H2,1H3. The highest BCUT2D eigenvalue weighted by atomic mass is 35.5. The molecule has 16 heavy (non-hydrogen) atoms. The minimum atomic E-state index is 0.746. The van der Waals surface area contributed by atoms with Crippen molar-refractivity contribution >= 4 is 22.5 Å². The summed E-state index contributed by atoms with van der Waals surface area (Å²) in [6.45, 7) is 2.98. The number of nitrogens with one attached hydrogen (secondary N) is 2. The maximum absolute atomic E-state index is 6.10. The van der Waals surface area contributed by atoms with E-state index in [4.69, 9.17) is 11.6 Å². The monoisotopic (exact) mass is 234 g/mol. The lowest BCUT2D eigenvalue weighted by molar-refractivity contribution is 0.678. The number of halogens is 1. The summed E-state index contributed by atoms with van der Waals surface area (Å²) in [5.41, 5.74) is 3.55. The Hall–Kier alpha value is -0.990. The van der Waals surface area contributed by atoms with Crippen LogP contribution in [-0.4, -0.2) is 11.0 Å². The number of rotatable bonds is 3. The summed E-state index contributed by atoms with van der Waals surface area (Å²) in [4.78, 5) is 3.44. The number of benzene rings is 1. The fourth-order valence-electron chi connectivity index (χ4n) is 2.01. The zero-order valence-corrected chi connectivity index (χ0v) is 10.1. The molecule has 0 atom stereocenters. The Bertz CT molecular complexity index is 526. The van der Waals surface area contributed by atoms with Crippen LogP contribution in [0.5, 0.6) is 0 Å². The Morgan fingerprint density at radius 2 is 2.25 bits per heavy atom. The molecule has 2 aromatic rings. The first-order chi connectivity index (χ1) is 7.74. The van der Waals surface area contributed by atoms with Gasteiger partial charge in [-0.3, -0.25) is 0 Å². The van der Waals surface area contributed by atoms with Crippen LogP contribution in [0.3, 0.4) is 0 Å². The predicted octanol–water partition coefficient (Wildman–Crippen LogP) is 3.38. The highest BCUT2D eigenvalue weighted by Crippen LogP contribution is 2.26. The van der Waals surface area contributed by atoms with Gasteiger partial charge in [-0.1, -0.05) is 17.7 Å². The number of H-pyrrole nitrogens is 1. The van der Waals surface area contributed by atoms with E-state index >= 15 is 0 Å². The summed E-state index contributed by atoms with van der Waals surface area (Å²) in [7, 11) is 0. The van der Waals surface area contributed by atoms with Gasteiger partial charge in [0, 0.05) is 28.7 Å². The van der Waals surface area contributed by atoms with Gasteiger partial charge in [0.15, 0.2) is 0 Å². The molecule has 1 aliphatic rings. The fraction of sp³-hybridized carbons (Fsp3) is 0.385. The molecule has 1 aliphatic carbocycles. The van der Waals surface area contributed by atoms with Crippen LogP contribution in [0.4, 0.5) is 0 Å². The quantitative estimate of drug-likeness (QED) is 0.837. The summed E-state index contributed by atoms with van der Waals surface area (Å²) in [6, 6.07) is 6.98. The number of aryl methyl sites for hydroxylation is 1. The van der Waals surface area contributed by atoms with Gasteiger partial charge in [-0.15, -0.1) is 0 Å². The fourth-order valence-corrected chi connectivity index (χ4v) is 2.17. The third-order valence-electron chi connectivity index (χ3n) is 3.20. The smallest absolute Gasteiger partial charge is 0.0501 e. The van der Waals surface area contributed by atoms with Gasteiger partial charge in [0.25, 0.3) is 0 Å². The first-order valence-electron chi connectivity index (χ1n) is 5.74. The summed E-state index contributed by atoms with van der Waals surface area (Å²) < 4.78 is 0. The summed E-state index contributed by atoms with van der Waals surface area (Å²) in [5.74, 6) is 0. The maximum atomic E-state index is 6.10. The molecule has 0 unspecified atom stereocenters. The molecule has 0 saturated heterocycles. The van der Waals surface area contributed by atoms with Crippen molar-refractivity contribution in [2.24, 2.45) is 0 Å². The molecule has 1 saturated carbocycles. The van der Waals surface area contributed by atoms with Crippen LogP contribution in [0.15, 0.2) is 18.2 Å². The molecule has 0 bridgehead atoms. The largest absolute Gasteiger partial charge is 0.357 e. The molecule has 1 aromatic heterocycles. The van der Waals surface area contributed by atoms with Crippen molar-refractivity contribution in [3.05, 3.63) is 34.5 Å². The van der Waals surface area contributed by atoms with Crippen molar-refractivity contribution in [3.63, 3.8) is 0 Å². The van der Waals surface area contributed by atoms with Crippen molar-refractivity contribution in [2.45, 2.75) is 32.4 Å². The zero-order valence-electron chi connectivity index (χ0n) is 9.31. The topological polar surface area (TPSA) is 27.8 Å². The minimum Gasteiger partial charge on any atom is -0.357 e. The second kappa shape index (κ2) is 3.79. The average Bonchev–Trinajstić information content (AvgIpc) is 3.01. The molecule has 3 rings (SSSR count). The van der Waals surface area contributed by atoms with Crippen LogP contribution in [0.2, 0.25) is 5.02 Å². The van der Waals surface area contributed by atoms with Crippen LogP contribution in [-0.2, 0) is 6.54 Å². The number of fused-ring (bicyclic) bond motifs is 1. The first kappa shape index (κ1) is 10.2. The van der Waals surface area contributed by atoms with E-state index < -0.39 is 0 Å². The number of hydrogen-bond donors (Lipinski definition) is 2. The number of aromatic amines is 1. The van der Waals surface area contributed by atoms with Gasteiger partial charge in [0.05, 0.1) is 5.52 Å². The molecule has 1 fully saturated rings. The van der Waals surface area contributed by atoms with E-state index in [1.807, 2.05) is 6.07 Å². The Kier molecular flexibility index (Phi) is 2.41. The van der Waals surface area contributed by atoms with Gasteiger partial charge in [0.2, 0.25) is 0 Å². The SMILES string of the molecule is Cc1c(Cl)ccc2cc(CNC3CC3)[nH]c12. The molecule has 3 heteroatoms. The molecular weight excluding hydrogens is 220 g/mol. The van der Waals surface area contributed by atoms with E-state index in [0.717, 1.165) is 23.2 Å². The van der Waals surface area contributed by atoms with E-state index in [1.54, 1.807) is 0 Å². The highest BCUT2D eigenvalue weighted by molar-refractivity contribution is 6.32. The Labute approximate surface area is 100.0 Å². The number of aromatic nitrogens is 1. The van der Waals surface area contributed by atoms with Crippen LogP contribution >= 0.6 is 11.6 Å². The van der Waals surface area contributed by atoms with Crippen molar-refractivity contribution in [1.29, 1.82) is 0 Å². The molecule has 0 amide bonds. The summed E-state index contributed by atoms with van der Waals surface area (Å²) in [5, 5.41) is 5.58. The van der Waals surface area contributed by atoms with Gasteiger partial charge >= 0.3 is 0 Å². The normalized spacial score (nSPS) is 15.9. The Morgan fingerprint density at radius 3 is 3.00 bits per heavy atom. The van der Waals surface area contributed by atoms with Gasteiger partial charge in [-0.25, -0.2) is 0 Å². The predicted molar refractivity (Wildman–Crippen MR) is 67.9 cm³/mol. The molecule has 2 nitrogen and oxygen atoms in total. The lowest BCUT2D eigenvalue weighted by Crippen LogP contribution is -2.15. The zero-order chi connectivity index (χ0) is 11.1. The third-order valence-corrected chi connectivity index (χ3v) is 3.61. The van der Waals surface area contributed by atoms with Crippen LogP contribution in [0.25, 0.3) is 10.9 Å². The highest BCUT2D eigenvalue weighted by Gasteiger charge is 2.20. The van der Waals surface area contributed by atoms with Crippen molar-refractivity contribution in [3.8, 4) is 0 Å². The van der Waals surface area contributed by atoms with Gasteiger partial charge in [0.1, 0.15) is 0 Å². The van der Waals surface area contributed by atoms with E-state index in [0.29, 0.717) is 0 Å². The molecule has 0 aliphatic heterocycles. The maximum Gasteiger partial charge on any atom is 0.0501 e. The van der Waals surface area contributed by atoms with Gasteiger partial charge in [-0.2, -0.15) is 0 Å². The van der Waals surface area contributed by atoms with Gasteiger partial charge < -0.3 is 10.3 Å². The van der Waals surface area contributed by atoms with Crippen LogP contribution < -0.4 is 5.32 Å². The molecule has 84 valence electrons. The van der Waals surface area contributed by atoms with Gasteiger partial charge in [-0.05, 0) is 37.5 Å². The van der Waals surface area contributed by atoms with E-state index in [2.05, 4.69) is 29.4 Å². The second-order valence-corrected chi connectivity index (χ2v) is 4.99. The third kappa shape index (κ3) is 1.83. The molecule has 1 heterocycles. The molecule has 1 aromatic carbocycles. The van der Waals surface area contributed by atoms with Crippen LogP contribution in [0.1, 0.15) is 24.1 Å². The first-order valence-corrected chi connectivity index (χ1v) is 6.12. The lowest BCUT2D eigenvalue weighted by atomic mass is 10.2. The summed E-state index contributed by atoms with van der Waals surface area (Å²) >= 11 is 6.10. The van der Waals surface area contributed by atoms with E-state index in [1.165, 1.54) is 29.4 Å². The average molecular weight is 235 g/mol. The van der Waals surface area contributed by atoms with E-state index in [9.17, 15) is 0 Å². The number of hydrogen-bond acceptors (Lipinski definition) is 1. The minimum absolute atomic E-state index is 0.746. The molecule has 0 spiro atoms. The summed E-state index contributed by atoms with van der Waals surface area (Å²) in [6.07, 6.45) is 2.65. The van der Waals surface area contributed by atoms with Crippen molar-refractivity contribution in [2.75, 3.05) is 0 Å². The van der Waals surface area contributed by atoms with Crippen LogP contribution in [0, 0.1) is 6.92 Å². The second-order valence-electron chi connectivity index (χ2n) is 4.59. The molecule has 0 radical (unpaired) electrons. The Balaban J connectivity index is 1.91. The molecular formula is C13H15ClN2.